The Bertz CT molecular complexity index is 591. The summed E-state index contributed by atoms with van der Waals surface area (Å²) in [5.41, 5.74) is 11.3. The van der Waals surface area contributed by atoms with Crippen LogP contribution in [0.15, 0.2) is 40.3 Å². The van der Waals surface area contributed by atoms with Crippen LogP contribution in [-0.4, -0.2) is 41.3 Å². The van der Waals surface area contributed by atoms with E-state index < -0.39 is 5.66 Å². The monoisotopic (exact) mass is 371 g/mol. The zero-order valence-electron chi connectivity index (χ0n) is 14.1. The van der Waals surface area contributed by atoms with Crippen LogP contribution in [0.1, 0.15) is 32.1 Å². The van der Waals surface area contributed by atoms with Crippen molar-refractivity contribution in [1.82, 2.24) is 5.06 Å². The Hall–Kier alpha value is -2.03. The molecule has 140 valence electrons. The number of hydrogen-bond donors (Lipinski definition) is 2. The Kier molecular flexibility index (Phi) is 7.95. The maximum atomic E-state index is 5.99. The van der Waals surface area contributed by atoms with Crippen LogP contribution < -0.4 is 16.2 Å². The number of halogens is 1. The number of ether oxygens (including phenoxy) is 1. The second kappa shape index (κ2) is 9.45. The molecule has 9 heteroatoms. The van der Waals surface area contributed by atoms with Crippen LogP contribution in [0.4, 0.5) is 0 Å². The summed E-state index contributed by atoms with van der Waals surface area (Å²) in [7, 11) is 0. The highest BCUT2D eigenvalue weighted by molar-refractivity contribution is 5.95. The van der Waals surface area contributed by atoms with Crippen LogP contribution in [0.5, 0.6) is 5.75 Å². The molecular weight excluding hydrogens is 346 g/mol. The average Bonchev–Trinajstić information content (AvgIpc) is 2.99. The molecular formula is C16H26ClN5O3. The normalized spacial score (nSPS) is 18.0. The van der Waals surface area contributed by atoms with Gasteiger partial charge in [0.1, 0.15) is 5.75 Å². The van der Waals surface area contributed by atoms with Gasteiger partial charge in [-0.15, -0.1) is 12.4 Å². The molecule has 0 unspecified atom stereocenters. The Balaban J connectivity index is 0.00000156. The lowest BCUT2D eigenvalue weighted by molar-refractivity contribution is -0.167. The molecule has 0 amide bonds. The lowest BCUT2D eigenvalue weighted by Crippen LogP contribution is -2.55. The smallest absolute Gasteiger partial charge is 0.226 e. The fourth-order valence-corrected chi connectivity index (χ4v) is 3.02. The summed E-state index contributed by atoms with van der Waals surface area (Å²) in [6.45, 7) is 1.06. The molecule has 1 fully saturated rings. The number of para-hydroxylation sites is 1. The summed E-state index contributed by atoms with van der Waals surface area (Å²) in [5, 5.41) is 1.64. The van der Waals surface area contributed by atoms with Crippen LogP contribution in [-0.2, 0) is 4.84 Å². The number of aliphatic imine (C=N–C) groups is 2. The molecule has 0 bridgehead atoms. The third kappa shape index (κ3) is 4.97. The van der Waals surface area contributed by atoms with Crippen LogP contribution in [0.25, 0.3) is 0 Å². The van der Waals surface area contributed by atoms with E-state index in [9.17, 15) is 0 Å². The van der Waals surface area contributed by atoms with Gasteiger partial charge in [0.25, 0.3) is 0 Å². The van der Waals surface area contributed by atoms with Crippen LogP contribution in [0.3, 0.4) is 0 Å². The van der Waals surface area contributed by atoms with E-state index in [0.29, 0.717) is 13.2 Å². The molecule has 3 rings (SSSR count). The second-order valence-corrected chi connectivity index (χ2v) is 5.77. The van der Waals surface area contributed by atoms with Crippen molar-refractivity contribution in [2.24, 2.45) is 21.5 Å². The molecule has 25 heavy (non-hydrogen) atoms. The van der Waals surface area contributed by atoms with Gasteiger partial charge in [0.2, 0.25) is 11.9 Å². The molecule has 0 radical (unpaired) electrons. The zero-order valence-corrected chi connectivity index (χ0v) is 14.9. The Morgan fingerprint density at radius 2 is 1.76 bits per heavy atom. The minimum absolute atomic E-state index is 0. The molecule has 1 spiro atoms. The Labute approximate surface area is 153 Å². The van der Waals surface area contributed by atoms with Crippen LogP contribution in [0.2, 0.25) is 0 Å². The van der Waals surface area contributed by atoms with Crippen molar-refractivity contribution in [1.29, 1.82) is 0 Å². The van der Waals surface area contributed by atoms with Crippen molar-refractivity contribution in [2.45, 2.75) is 37.8 Å². The molecule has 8 nitrogen and oxygen atoms in total. The molecule has 2 aliphatic rings. The molecule has 0 aromatic heterocycles. The van der Waals surface area contributed by atoms with E-state index in [1.54, 1.807) is 5.06 Å². The van der Waals surface area contributed by atoms with Crippen molar-refractivity contribution in [3.8, 4) is 5.75 Å². The van der Waals surface area contributed by atoms with Gasteiger partial charge in [-0.05, 0) is 37.8 Å². The number of guanidine groups is 2. The quantitative estimate of drug-likeness (QED) is 0.725. The van der Waals surface area contributed by atoms with Gasteiger partial charge in [0.05, 0.1) is 13.2 Å². The summed E-state index contributed by atoms with van der Waals surface area (Å²) in [4.78, 5) is 14.4. The number of rotatable bonds is 6. The van der Waals surface area contributed by atoms with E-state index in [1.165, 1.54) is 0 Å². The van der Waals surface area contributed by atoms with Crippen molar-refractivity contribution in [3.63, 3.8) is 0 Å². The highest BCUT2D eigenvalue weighted by atomic mass is 35.5. The topological polar surface area (TPSA) is 130 Å². The van der Waals surface area contributed by atoms with E-state index in [0.717, 1.165) is 37.9 Å². The van der Waals surface area contributed by atoms with Crippen molar-refractivity contribution in [2.75, 3.05) is 13.2 Å². The fourth-order valence-electron chi connectivity index (χ4n) is 3.02. The van der Waals surface area contributed by atoms with Crippen LogP contribution in [0, 0.1) is 0 Å². The Morgan fingerprint density at radius 3 is 2.44 bits per heavy atom. The minimum Gasteiger partial charge on any atom is -0.494 e. The molecule has 0 atom stereocenters. The maximum absolute atomic E-state index is 5.99. The lowest BCUT2D eigenvalue weighted by atomic mass is 10.1. The van der Waals surface area contributed by atoms with E-state index >= 15 is 0 Å². The minimum atomic E-state index is -0.476. The number of benzene rings is 1. The maximum Gasteiger partial charge on any atom is 0.226 e. The van der Waals surface area contributed by atoms with E-state index in [1.807, 2.05) is 30.3 Å². The fraction of sp³-hybridized carbons (Fsp3) is 0.500. The number of hydroxylamine groups is 2. The van der Waals surface area contributed by atoms with Crippen molar-refractivity contribution in [3.05, 3.63) is 30.3 Å². The van der Waals surface area contributed by atoms with Crippen molar-refractivity contribution >= 4 is 24.3 Å². The van der Waals surface area contributed by atoms with Gasteiger partial charge in [0, 0.05) is 6.42 Å². The van der Waals surface area contributed by atoms with Gasteiger partial charge in [-0.1, -0.05) is 18.2 Å². The zero-order chi connectivity index (χ0) is 16.1. The molecule has 1 aliphatic heterocycles. The second-order valence-electron chi connectivity index (χ2n) is 5.77. The molecule has 1 aromatic rings. The largest absolute Gasteiger partial charge is 0.494 e. The summed E-state index contributed by atoms with van der Waals surface area (Å²) in [6.07, 6.45) is 4.67. The van der Waals surface area contributed by atoms with Crippen LogP contribution >= 0.6 is 12.4 Å². The highest BCUT2D eigenvalue weighted by Gasteiger charge is 2.44. The molecule has 1 aliphatic carbocycles. The first-order valence-corrected chi connectivity index (χ1v) is 8.00. The van der Waals surface area contributed by atoms with Crippen molar-refractivity contribution < 1.29 is 15.1 Å². The molecule has 1 heterocycles. The third-order valence-electron chi connectivity index (χ3n) is 4.06. The average molecular weight is 372 g/mol. The van der Waals surface area contributed by atoms with E-state index in [2.05, 4.69) is 9.98 Å². The summed E-state index contributed by atoms with van der Waals surface area (Å²) in [5.74, 6) is 1.37. The van der Waals surface area contributed by atoms with Gasteiger partial charge in [-0.2, -0.15) is 10.1 Å². The van der Waals surface area contributed by atoms with Gasteiger partial charge in [0.15, 0.2) is 5.66 Å². The Morgan fingerprint density at radius 1 is 1.08 bits per heavy atom. The number of nitrogens with two attached hydrogens (primary N) is 2. The third-order valence-corrected chi connectivity index (χ3v) is 4.06. The van der Waals surface area contributed by atoms with Gasteiger partial charge in [-0.3, -0.25) is 4.84 Å². The first kappa shape index (κ1) is 21.0. The molecule has 1 aromatic carbocycles. The SMILES string of the molecule is Cl.NC1=NC2(CCCC2)N(OCCCOc2ccccc2)C(N)=N1.O. The number of nitrogens with zero attached hydrogens (tertiary/aromatic N) is 3. The number of hydrogen-bond acceptors (Lipinski definition) is 7. The van der Waals surface area contributed by atoms with E-state index in [-0.39, 0.29) is 29.8 Å². The standard InChI is InChI=1S/C16H23N5O2.ClH.H2O/c17-14-19-15(18)21(16(20-14)9-4-5-10-16)23-12-6-11-22-13-7-2-1-3-8-13;;/h1-3,7-8H,4-6,9-12H2,(H4,17,18,19,20);1H;1H2. The van der Waals surface area contributed by atoms with Gasteiger partial charge >= 0.3 is 0 Å². The lowest BCUT2D eigenvalue weighted by Gasteiger charge is -2.39. The first-order valence-electron chi connectivity index (χ1n) is 8.00. The molecule has 6 N–H and O–H groups in total. The molecule has 0 saturated heterocycles. The predicted molar refractivity (Wildman–Crippen MR) is 99.7 cm³/mol. The predicted octanol–water partition coefficient (Wildman–Crippen LogP) is 1.20. The van der Waals surface area contributed by atoms with Gasteiger partial charge in [-0.25, -0.2) is 4.99 Å². The van der Waals surface area contributed by atoms with E-state index in [4.69, 9.17) is 21.0 Å². The highest BCUT2D eigenvalue weighted by Crippen LogP contribution is 2.38. The summed E-state index contributed by atoms with van der Waals surface area (Å²) in [6, 6.07) is 9.72. The van der Waals surface area contributed by atoms with Gasteiger partial charge < -0.3 is 21.7 Å². The molecule has 1 saturated carbocycles. The summed E-state index contributed by atoms with van der Waals surface area (Å²) < 4.78 is 5.65. The summed E-state index contributed by atoms with van der Waals surface area (Å²) >= 11 is 0. The first-order chi connectivity index (χ1) is 11.2.